The maximum Gasteiger partial charge on any atom is 0.124 e. The van der Waals surface area contributed by atoms with Gasteiger partial charge in [-0.1, -0.05) is 13.0 Å². The third-order valence-electron chi connectivity index (χ3n) is 3.12. The zero-order valence-corrected chi connectivity index (χ0v) is 12.4. The number of ether oxygens (including phenoxy) is 1. The molecule has 0 amide bonds. The van der Waals surface area contributed by atoms with E-state index >= 15 is 0 Å². The van der Waals surface area contributed by atoms with E-state index in [0.717, 1.165) is 49.5 Å². The zero-order valence-electron chi connectivity index (χ0n) is 11.6. The summed E-state index contributed by atoms with van der Waals surface area (Å²) in [5.74, 6) is 1.15. The Labute approximate surface area is 123 Å². The first-order valence-corrected chi connectivity index (χ1v) is 7.37. The van der Waals surface area contributed by atoms with Crippen LogP contribution in [0.15, 0.2) is 18.2 Å². The van der Waals surface area contributed by atoms with Gasteiger partial charge in [-0.3, -0.25) is 0 Å². The van der Waals surface area contributed by atoms with Gasteiger partial charge in [0.05, 0.1) is 17.0 Å². The van der Waals surface area contributed by atoms with Crippen molar-refractivity contribution < 1.29 is 4.74 Å². The second-order valence-corrected chi connectivity index (χ2v) is 4.83. The number of halogens is 1. The monoisotopic (exact) mass is 291 g/mol. The maximum atomic E-state index is 9.13. The highest BCUT2D eigenvalue weighted by Crippen LogP contribution is 2.21. The van der Waals surface area contributed by atoms with Crippen LogP contribution in [0.4, 0.5) is 0 Å². The van der Waals surface area contributed by atoms with Crippen LogP contribution in [0.3, 0.4) is 0 Å². The van der Waals surface area contributed by atoms with Crippen molar-refractivity contribution in [2.75, 3.05) is 13.2 Å². The molecule has 0 bridgehead atoms. The van der Waals surface area contributed by atoms with Crippen molar-refractivity contribution in [2.24, 2.45) is 0 Å². The normalized spacial score (nSPS) is 10.8. The van der Waals surface area contributed by atoms with Gasteiger partial charge in [0.2, 0.25) is 0 Å². The van der Waals surface area contributed by atoms with E-state index in [4.69, 9.17) is 21.6 Å². The first kappa shape index (κ1) is 14.8. The summed E-state index contributed by atoms with van der Waals surface area (Å²) >= 11 is 5.96. The van der Waals surface area contributed by atoms with E-state index in [9.17, 15) is 0 Å². The number of para-hydroxylation sites is 1. The summed E-state index contributed by atoms with van der Waals surface area (Å²) in [5, 5.41) is 9.13. The van der Waals surface area contributed by atoms with E-state index in [0.29, 0.717) is 11.4 Å². The second kappa shape index (κ2) is 7.28. The summed E-state index contributed by atoms with van der Waals surface area (Å²) in [6.07, 6.45) is 1.94. The fourth-order valence-electron chi connectivity index (χ4n) is 2.21. The summed E-state index contributed by atoms with van der Waals surface area (Å²) in [6.45, 7) is 4.42. The van der Waals surface area contributed by atoms with Gasteiger partial charge in [0.15, 0.2) is 0 Å². The second-order valence-electron chi connectivity index (χ2n) is 4.56. The van der Waals surface area contributed by atoms with Crippen LogP contribution in [0.25, 0.3) is 11.0 Å². The summed E-state index contributed by atoms with van der Waals surface area (Å²) in [7, 11) is 0. The molecule has 0 radical (unpaired) electrons. The van der Waals surface area contributed by atoms with E-state index in [2.05, 4.69) is 22.5 Å². The Morgan fingerprint density at radius 3 is 2.95 bits per heavy atom. The lowest BCUT2D eigenvalue weighted by Crippen LogP contribution is -2.06. The maximum absolute atomic E-state index is 9.13. The van der Waals surface area contributed by atoms with Gasteiger partial charge in [-0.05, 0) is 25.0 Å². The Morgan fingerprint density at radius 1 is 1.40 bits per heavy atom. The van der Waals surface area contributed by atoms with Gasteiger partial charge >= 0.3 is 0 Å². The topological polar surface area (TPSA) is 50.8 Å². The fourth-order valence-corrected chi connectivity index (χ4v) is 2.41. The summed E-state index contributed by atoms with van der Waals surface area (Å²) in [6, 6.07) is 7.81. The number of hydrogen-bond acceptors (Lipinski definition) is 3. The molecule has 0 aliphatic carbocycles. The molecule has 0 aliphatic rings. The summed E-state index contributed by atoms with van der Waals surface area (Å²) in [5.41, 5.74) is 2.30. The first-order chi connectivity index (χ1) is 9.81. The van der Waals surface area contributed by atoms with Crippen LogP contribution in [-0.2, 0) is 17.2 Å². The van der Waals surface area contributed by atoms with Crippen LogP contribution < -0.4 is 0 Å². The van der Waals surface area contributed by atoms with Crippen LogP contribution >= 0.6 is 11.6 Å². The van der Waals surface area contributed by atoms with Crippen LogP contribution in [0.5, 0.6) is 0 Å². The molecule has 1 aromatic carbocycles. The molecule has 20 heavy (non-hydrogen) atoms. The Hall–Kier alpha value is -1.57. The van der Waals surface area contributed by atoms with Gasteiger partial charge in [0.25, 0.3) is 0 Å². The molecule has 0 saturated carbocycles. The van der Waals surface area contributed by atoms with E-state index in [1.54, 1.807) is 6.07 Å². The van der Waals surface area contributed by atoms with Gasteiger partial charge in [0.1, 0.15) is 17.4 Å². The molecule has 0 N–H and O–H groups in total. The largest absolute Gasteiger partial charge is 0.381 e. The molecule has 2 aromatic rings. The number of alkyl halides is 1. The standard InChI is InChI=1S/C15H18ClN3O/c1-2-8-20-9-4-7-19-13-6-3-5-12(11-17)15(13)18-14(19)10-16/h3,5-6H,2,4,7-10H2,1H3. The molecule has 0 unspecified atom stereocenters. The minimum atomic E-state index is 0.343. The van der Waals surface area contributed by atoms with Crippen LogP contribution in [0.2, 0.25) is 0 Å². The smallest absolute Gasteiger partial charge is 0.124 e. The SMILES string of the molecule is CCCOCCCn1c(CCl)nc2c(C#N)cccc21. The van der Waals surface area contributed by atoms with Gasteiger partial charge < -0.3 is 9.30 Å². The molecule has 2 rings (SSSR count). The molecule has 5 heteroatoms. The van der Waals surface area contributed by atoms with Crippen molar-refractivity contribution in [3.63, 3.8) is 0 Å². The minimum Gasteiger partial charge on any atom is -0.381 e. The molecule has 0 atom stereocenters. The fraction of sp³-hybridized carbons (Fsp3) is 0.467. The molecule has 0 spiro atoms. The highest BCUT2D eigenvalue weighted by Gasteiger charge is 2.12. The van der Waals surface area contributed by atoms with Crippen LogP contribution in [0.1, 0.15) is 31.2 Å². The van der Waals surface area contributed by atoms with Crippen LogP contribution in [-0.4, -0.2) is 22.8 Å². The number of nitrogens with zero attached hydrogens (tertiary/aromatic N) is 3. The number of hydrogen-bond donors (Lipinski definition) is 0. The minimum absolute atomic E-state index is 0.343. The van der Waals surface area contributed by atoms with Crippen molar-refractivity contribution in [1.82, 2.24) is 9.55 Å². The van der Waals surface area contributed by atoms with Crippen molar-refractivity contribution in [2.45, 2.75) is 32.2 Å². The van der Waals surface area contributed by atoms with Gasteiger partial charge in [-0.15, -0.1) is 11.6 Å². The first-order valence-electron chi connectivity index (χ1n) is 6.83. The molecule has 1 aromatic heterocycles. The number of rotatable bonds is 7. The van der Waals surface area contributed by atoms with E-state index < -0.39 is 0 Å². The number of aryl methyl sites for hydroxylation is 1. The summed E-state index contributed by atoms with van der Waals surface area (Å²) in [4.78, 5) is 4.48. The number of imidazole rings is 1. The highest BCUT2D eigenvalue weighted by molar-refractivity contribution is 6.16. The Bertz CT molecular complexity index is 615. The lowest BCUT2D eigenvalue weighted by molar-refractivity contribution is 0.129. The predicted molar refractivity (Wildman–Crippen MR) is 79.7 cm³/mol. The third kappa shape index (κ3) is 3.12. The molecule has 0 fully saturated rings. The Morgan fingerprint density at radius 2 is 2.25 bits per heavy atom. The van der Waals surface area contributed by atoms with Crippen LogP contribution in [0, 0.1) is 11.3 Å². The molecular weight excluding hydrogens is 274 g/mol. The van der Waals surface area contributed by atoms with Crippen molar-refractivity contribution >= 4 is 22.6 Å². The number of aromatic nitrogens is 2. The van der Waals surface area contributed by atoms with Crippen molar-refractivity contribution in [3.8, 4) is 6.07 Å². The van der Waals surface area contributed by atoms with Gasteiger partial charge in [0, 0.05) is 19.8 Å². The quantitative estimate of drug-likeness (QED) is 0.580. The average molecular weight is 292 g/mol. The number of nitriles is 1. The molecule has 1 heterocycles. The molecule has 4 nitrogen and oxygen atoms in total. The predicted octanol–water partition coefficient (Wildman–Crippen LogP) is 3.46. The lowest BCUT2D eigenvalue weighted by Gasteiger charge is -2.08. The average Bonchev–Trinajstić information content (AvgIpc) is 2.85. The third-order valence-corrected chi connectivity index (χ3v) is 3.36. The lowest BCUT2D eigenvalue weighted by atomic mass is 10.2. The van der Waals surface area contributed by atoms with Crippen molar-refractivity contribution in [3.05, 3.63) is 29.6 Å². The Kier molecular flexibility index (Phi) is 5.40. The number of benzene rings is 1. The van der Waals surface area contributed by atoms with E-state index in [-0.39, 0.29) is 0 Å². The van der Waals surface area contributed by atoms with Gasteiger partial charge in [-0.2, -0.15) is 5.26 Å². The molecule has 0 saturated heterocycles. The zero-order chi connectivity index (χ0) is 14.4. The molecular formula is C15H18ClN3O. The highest BCUT2D eigenvalue weighted by atomic mass is 35.5. The Balaban J connectivity index is 2.21. The number of fused-ring (bicyclic) bond motifs is 1. The van der Waals surface area contributed by atoms with E-state index in [1.165, 1.54) is 0 Å². The van der Waals surface area contributed by atoms with Gasteiger partial charge in [-0.25, -0.2) is 4.98 Å². The van der Waals surface area contributed by atoms with Crippen molar-refractivity contribution in [1.29, 1.82) is 5.26 Å². The molecule has 0 aliphatic heterocycles. The summed E-state index contributed by atoms with van der Waals surface area (Å²) < 4.78 is 7.57. The molecule has 106 valence electrons. The van der Waals surface area contributed by atoms with E-state index in [1.807, 2.05) is 12.1 Å².